The van der Waals surface area contributed by atoms with Crippen molar-refractivity contribution >= 4 is 39.8 Å². The van der Waals surface area contributed by atoms with E-state index in [-0.39, 0.29) is 11.8 Å². The van der Waals surface area contributed by atoms with Gasteiger partial charge in [-0.05, 0) is 49.8 Å². The molecule has 1 heterocycles. The van der Waals surface area contributed by atoms with Gasteiger partial charge >= 0.3 is 5.97 Å². The van der Waals surface area contributed by atoms with Crippen LogP contribution in [0.25, 0.3) is 0 Å². The highest BCUT2D eigenvalue weighted by atomic mass is 32.1. The van der Waals surface area contributed by atoms with Gasteiger partial charge in [0, 0.05) is 10.6 Å². The number of thiophene rings is 1. The second kappa shape index (κ2) is 8.21. The number of carboxylic acids is 1. The Morgan fingerprint density at radius 2 is 1.69 bits per heavy atom. The number of anilines is 2. The number of carboxylic acid groups (broad SMARTS) is 1. The fourth-order valence-corrected chi connectivity index (χ4v) is 5.32. The first-order valence-electron chi connectivity index (χ1n) is 9.74. The zero-order valence-corrected chi connectivity index (χ0v) is 16.6. The minimum atomic E-state index is -0.967. The number of carbonyl (C=O) groups is 3. The Balaban J connectivity index is 1.59. The van der Waals surface area contributed by atoms with Gasteiger partial charge in [-0.25, -0.2) is 0 Å². The molecule has 2 amide bonds. The van der Waals surface area contributed by atoms with Crippen molar-refractivity contribution in [1.29, 1.82) is 0 Å². The van der Waals surface area contributed by atoms with E-state index in [1.54, 1.807) is 6.08 Å². The SMILES string of the molecule is O=C(Nc1ccccc1)c1c(NC(=O)C2CC=CCC2C(=O)O)sc2c1CCC2. The highest BCUT2D eigenvalue weighted by Crippen LogP contribution is 2.40. The molecule has 0 aliphatic heterocycles. The second-order valence-electron chi connectivity index (χ2n) is 7.36. The van der Waals surface area contributed by atoms with Gasteiger partial charge in [-0.2, -0.15) is 0 Å². The summed E-state index contributed by atoms with van der Waals surface area (Å²) in [7, 11) is 0. The number of fused-ring (bicyclic) bond motifs is 1. The first kappa shape index (κ1) is 19.4. The summed E-state index contributed by atoms with van der Waals surface area (Å²) in [6, 6.07) is 9.20. The molecule has 7 heteroatoms. The first-order chi connectivity index (χ1) is 14.0. The molecule has 1 aromatic heterocycles. The lowest BCUT2D eigenvalue weighted by molar-refractivity contribution is -0.146. The molecular weight excluding hydrogens is 388 g/mol. The van der Waals surface area contributed by atoms with Gasteiger partial charge in [-0.3, -0.25) is 14.4 Å². The van der Waals surface area contributed by atoms with E-state index in [4.69, 9.17) is 0 Å². The molecule has 0 radical (unpaired) electrons. The molecule has 2 aliphatic carbocycles. The summed E-state index contributed by atoms with van der Waals surface area (Å²) < 4.78 is 0. The van der Waals surface area contributed by atoms with E-state index >= 15 is 0 Å². The van der Waals surface area contributed by atoms with Gasteiger partial charge in [0.15, 0.2) is 0 Å². The Kier molecular flexibility index (Phi) is 5.49. The van der Waals surface area contributed by atoms with Crippen LogP contribution in [-0.4, -0.2) is 22.9 Å². The number of aliphatic carboxylic acids is 1. The first-order valence-corrected chi connectivity index (χ1v) is 10.6. The number of rotatable bonds is 5. The predicted molar refractivity (Wildman–Crippen MR) is 112 cm³/mol. The Labute approximate surface area is 172 Å². The third kappa shape index (κ3) is 3.96. The fourth-order valence-electron chi connectivity index (χ4n) is 4.03. The van der Waals surface area contributed by atoms with Crippen molar-refractivity contribution in [1.82, 2.24) is 0 Å². The van der Waals surface area contributed by atoms with Crippen LogP contribution in [0, 0.1) is 11.8 Å². The van der Waals surface area contributed by atoms with Crippen LogP contribution in [0.5, 0.6) is 0 Å². The molecule has 2 aromatic rings. The van der Waals surface area contributed by atoms with Gasteiger partial charge < -0.3 is 15.7 Å². The van der Waals surface area contributed by atoms with E-state index in [1.807, 2.05) is 36.4 Å². The van der Waals surface area contributed by atoms with Crippen LogP contribution in [0.1, 0.15) is 40.1 Å². The predicted octanol–water partition coefficient (Wildman–Crippen LogP) is 4.09. The topological polar surface area (TPSA) is 95.5 Å². The summed E-state index contributed by atoms with van der Waals surface area (Å²) in [5.74, 6) is -2.93. The highest BCUT2D eigenvalue weighted by Gasteiger charge is 2.35. The molecule has 2 atom stereocenters. The maximum absolute atomic E-state index is 13.0. The number of benzene rings is 1. The second-order valence-corrected chi connectivity index (χ2v) is 8.47. The van der Waals surface area contributed by atoms with Crippen LogP contribution in [0.3, 0.4) is 0 Å². The number of hydrogen-bond acceptors (Lipinski definition) is 4. The van der Waals surface area contributed by atoms with Gasteiger partial charge in [0.1, 0.15) is 5.00 Å². The van der Waals surface area contributed by atoms with Crippen molar-refractivity contribution in [2.75, 3.05) is 10.6 Å². The molecule has 1 aromatic carbocycles. The third-order valence-electron chi connectivity index (χ3n) is 5.50. The van der Waals surface area contributed by atoms with Gasteiger partial charge in [-0.1, -0.05) is 30.4 Å². The molecule has 150 valence electrons. The van der Waals surface area contributed by atoms with Crippen molar-refractivity contribution in [2.45, 2.75) is 32.1 Å². The smallest absolute Gasteiger partial charge is 0.307 e. The van der Waals surface area contributed by atoms with E-state index in [1.165, 1.54) is 11.3 Å². The Morgan fingerprint density at radius 3 is 2.41 bits per heavy atom. The van der Waals surface area contributed by atoms with Crippen molar-refractivity contribution in [3.8, 4) is 0 Å². The highest BCUT2D eigenvalue weighted by molar-refractivity contribution is 7.17. The van der Waals surface area contributed by atoms with Crippen LogP contribution in [0.15, 0.2) is 42.5 Å². The minimum absolute atomic E-state index is 0.246. The number of nitrogens with one attached hydrogen (secondary N) is 2. The standard InChI is InChI=1S/C22H22N2O4S/c25-19(14-9-4-5-10-15(14)22(27)28)24-21-18(16-11-6-12-17(16)29-21)20(26)23-13-7-2-1-3-8-13/h1-5,7-8,14-15H,6,9-12H2,(H,23,26)(H,24,25)(H,27,28). The summed E-state index contributed by atoms with van der Waals surface area (Å²) in [5.41, 5.74) is 2.20. The van der Waals surface area contributed by atoms with Gasteiger partial charge in [0.05, 0.1) is 17.4 Å². The molecule has 0 saturated heterocycles. The summed E-state index contributed by atoms with van der Waals surface area (Å²) in [4.78, 5) is 38.6. The minimum Gasteiger partial charge on any atom is -0.481 e. The molecule has 6 nitrogen and oxygen atoms in total. The largest absolute Gasteiger partial charge is 0.481 e. The number of carbonyl (C=O) groups excluding carboxylic acids is 2. The molecule has 2 aliphatic rings. The lowest BCUT2D eigenvalue weighted by Crippen LogP contribution is -2.35. The Hall–Kier alpha value is -2.93. The molecule has 29 heavy (non-hydrogen) atoms. The molecule has 2 unspecified atom stereocenters. The molecule has 0 fully saturated rings. The van der Waals surface area contributed by atoms with Crippen LogP contribution >= 0.6 is 11.3 Å². The van der Waals surface area contributed by atoms with Gasteiger partial charge in [0.2, 0.25) is 5.91 Å². The summed E-state index contributed by atoms with van der Waals surface area (Å²) >= 11 is 1.43. The molecule has 0 saturated carbocycles. The number of amides is 2. The van der Waals surface area contributed by atoms with Crippen LogP contribution in [0.4, 0.5) is 10.7 Å². The number of hydrogen-bond donors (Lipinski definition) is 3. The molecule has 3 N–H and O–H groups in total. The van der Waals surface area contributed by atoms with Crippen LogP contribution in [0.2, 0.25) is 0 Å². The van der Waals surface area contributed by atoms with E-state index < -0.39 is 17.8 Å². The maximum atomic E-state index is 13.0. The average molecular weight is 410 g/mol. The summed E-state index contributed by atoms with van der Waals surface area (Å²) in [6.45, 7) is 0. The number of para-hydroxylation sites is 1. The van der Waals surface area contributed by atoms with E-state index in [0.717, 1.165) is 29.7 Å². The lowest BCUT2D eigenvalue weighted by atomic mass is 9.82. The van der Waals surface area contributed by atoms with Crippen molar-refractivity contribution in [3.05, 3.63) is 58.5 Å². The molecule has 0 spiro atoms. The normalized spacial score (nSPS) is 20.1. The summed E-state index contributed by atoms with van der Waals surface area (Å²) in [6.07, 6.45) is 7.08. The molecule has 4 rings (SSSR count). The quantitative estimate of drug-likeness (QED) is 0.647. The van der Waals surface area contributed by atoms with E-state index in [2.05, 4.69) is 10.6 Å². The van der Waals surface area contributed by atoms with E-state index in [9.17, 15) is 19.5 Å². The van der Waals surface area contributed by atoms with Gasteiger partial charge in [-0.15, -0.1) is 11.3 Å². The van der Waals surface area contributed by atoms with Gasteiger partial charge in [0.25, 0.3) is 5.91 Å². The Morgan fingerprint density at radius 1 is 0.966 bits per heavy atom. The number of aryl methyl sites for hydroxylation is 1. The Bertz CT molecular complexity index is 980. The zero-order valence-electron chi connectivity index (χ0n) is 15.8. The maximum Gasteiger partial charge on any atom is 0.307 e. The van der Waals surface area contributed by atoms with Crippen molar-refractivity contribution < 1.29 is 19.5 Å². The van der Waals surface area contributed by atoms with Crippen molar-refractivity contribution in [2.24, 2.45) is 11.8 Å². The lowest BCUT2D eigenvalue weighted by Gasteiger charge is -2.24. The molecular formula is C22H22N2O4S. The third-order valence-corrected chi connectivity index (χ3v) is 6.71. The van der Waals surface area contributed by atoms with Crippen LogP contribution in [-0.2, 0) is 22.4 Å². The monoisotopic (exact) mass is 410 g/mol. The molecule has 0 bridgehead atoms. The summed E-state index contributed by atoms with van der Waals surface area (Å²) in [5, 5.41) is 15.8. The van der Waals surface area contributed by atoms with Crippen molar-refractivity contribution in [3.63, 3.8) is 0 Å². The number of allylic oxidation sites excluding steroid dienone is 2. The zero-order chi connectivity index (χ0) is 20.4. The average Bonchev–Trinajstić information content (AvgIpc) is 3.29. The fraction of sp³-hybridized carbons (Fsp3) is 0.318. The van der Waals surface area contributed by atoms with Crippen LogP contribution < -0.4 is 10.6 Å². The van der Waals surface area contributed by atoms with E-state index in [0.29, 0.717) is 29.1 Å².